The number of carbonyl (C=O) groups is 1. The number of hydrogen-bond donors (Lipinski definition) is 4. The van der Waals surface area contributed by atoms with Crippen LogP contribution in [0, 0.1) is 0 Å². The van der Waals surface area contributed by atoms with Crippen LogP contribution in [-0.4, -0.2) is 52.2 Å². The van der Waals surface area contributed by atoms with Gasteiger partial charge in [0.15, 0.2) is 12.0 Å². The second-order valence-corrected chi connectivity index (χ2v) is 4.58. The van der Waals surface area contributed by atoms with E-state index < -0.39 is 24.5 Å². The van der Waals surface area contributed by atoms with Crippen molar-refractivity contribution in [1.82, 2.24) is 0 Å². The van der Waals surface area contributed by atoms with Gasteiger partial charge in [-0.1, -0.05) is 0 Å². The van der Waals surface area contributed by atoms with E-state index in [2.05, 4.69) is 5.32 Å². The predicted octanol–water partition coefficient (Wildman–Crippen LogP) is -0.260. The molecule has 1 aromatic rings. The van der Waals surface area contributed by atoms with Crippen molar-refractivity contribution in [3.05, 3.63) is 29.8 Å². The highest BCUT2D eigenvalue weighted by Crippen LogP contribution is 2.19. The number of hydrogen-bond acceptors (Lipinski definition) is 6. The van der Waals surface area contributed by atoms with E-state index in [-0.39, 0.29) is 12.4 Å². The Bertz CT molecular complexity index is 447. The lowest BCUT2D eigenvalue weighted by Crippen LogP contribution is -2.55. The summed E-state index contributed by atoms with van der Waals surface area (Å²) >= 11 is 0. The quantitative estimate of drug-likeness (QED) is 0.563. The third-order valence-corrected chi connectivity index (χ3v) is 3.10. The van der Waals surface area contributed by atoms with Crippen LogP contribution in [-0.2, 0) is 4.74 Å². The lowest BCUT2D eigenvalue weighted by Gasteiger charge is -2.35. The number of ketones is 1. The lowest BCUT2D eigenvalue weighted by atomic mass is 10.0. The largest absolute Gasteiger partial charge is 0.388 e. The van der Waals surface area contributed by atoms with Crippen molar-refractivity contribution in [2.45, 2.75) is 31.5 Å². The molecule has 4 N–H and O–H groups in total. The van der Waals surface area contributed by atoms with Gasteiger partial charge in [0.1, 0.15) is 18.3 Å². The molecule has 4 atom stereocenters. The first-order valence-electron chi connectivity index (χ1n) is 6.02. The van der Waals surface area contributed by atoms with Crippen molar-refractivity contribution in [2.75, 3.05) is 11.9 Å². The van der Waals surface area contributed by atoms with Gasteiger partial charge in [-0.2, -0.15) is 0 Å². The molecule has 1 aliphatic rings. The Labute approximate surface area is 110 Å². The van der Waals surface area contributed by atoms with Crippen LogP contribution in [0.3, 0.4) is 0 Å². The second-order valence-electron chi connectivity index (χ2n) is 4.58. The van der Waals surface area contributed by atoms with Crippen molar-refractivity contribution in [3.8, 4) is 0 Å². The molecule has 0 spiro atoms. The van der Waals surface area contributed by atoms with E-state index in [9.17, 15) is 20.1 Å². The molecule has 19 heavy (non-hydrogen) atoms. The lowest BCUT2D eigenvalue weighted by molar-refractivity contribution is -0.178. The third kappa shape index (κ3) is 3.10. The normalized spacial score (nSPS) is 30.9. The molecule has 1 saturated heterocycles. The zero-order chi connectivity index (χ0) is 14.0. The van der Waals surface area contributed by atoms with Gasteiger partial charge >= 0.3 is 0 Å². The Balaban J connectivity index is 2.03. The molecule has 1 aliphatic heterocycles. The van der Waals surface area contributed by atoms with Crippen LogP contribution in [0.15, 0.2) is 24.3 Å². The highest BCUT2D eigenvalue weighted by atomic mass is 16.5. The fourth-order valence-corrected chi connectivity index (χ4v) is 1.90. The van der Waals surface area contributed by atoms with Crippen LogP contribution in [0.1, 0.15) is 17.3 Å². The minimum Gasteiger partial charge on any atom is -0.388 e. The zero-order valence-corrected chi connectivity index (χ0v) is 10.5. The Hall–Kier alpha value is -1.47. The molecule has 0 saturated carbocycles. The van der Waals surface area contributed by atoms with Crippen molar-refractivity contribution >= 4 is 11.5 Å². The molecule has 6 heteroatoms. The molecule has 0 amide bonds. The first-order chi connectivity index (χ1) is 8.99. The SMILES string of the molecule is CC(=O)c1ccc(N[C@@H]2OC[C@@H](O)[C@@H](O)[C@@H]2O)cc1. The maximum Gasteiger partial charge on any atom is 0.159 e. The molecule has 1 fully saturated rings. The second kappa shape index (κ2) is 5.66. The fourth-order valence-electron chi connectivity index (χ4n) is 1.90. The molecule has 0 aliphatic carbocycles. The van der Waals surface area contributed by atoms with Crippen LogP contribution in [0.2, 0.25) is 0 Å². The van der Waals surface area contributed by atoms with Crippen molar-refractivity contribution in [1.29, 1.82) is 0 Å². The van der Waals surface area contributed by atoms with Gasteiger partial charge in [0.2, 0.25) is 0 Å². The monoisotopic (exact) mass is 267 g/mol. The average Bonchev–Trinajstić information content (AvgIpc) is 2.40. The zero-order valence-electron chi connectivity index (χ0n) is 10.5. The van der Waals surface area contributed by atoms with Crippen LogP contribution in [0.4, 0.5) is 5.69 Å². The summed E-state index contributed by atoms with van der Waals surface area (Å²) in [5, 5.41) is 31.5. The predicted molar refractivity (Wildman–Crippen MR) is 67.8 cm³/mol. The summed E-state index contributed by atoms with van der Waals surface area (Å²) in [7, 11) is 0. The molecule has 0 radical (unpaired) electrons. The summed E-state index contributed by atoms with van der Waals surface area (Å²) in [6.07, 6.45) is -4.37. The van der Waals surface area contributed by atoms with E-state index in [1.807, 2.05) is 0 Å². The number of rotatable bonds is 3. The minimum atomic E-state index is -1.25. The number of nitrogens with one attached hydrogen (secondary N) is 1. The number of ether oxygens (including phenoxy) is 1. The van der Waals surface area contributed by atoms with Gasteiger partial charge in [-0.25, -0.2) is 0 Å². The fraction of sp³-hybridized carbons (Fsp3) is 0.462. The van der Waals surface area contributed by atoms with E-state index in [0.29, 0.717) is 11.3 Å². The Morgan fingerprint density at radius 3 is 2.42 bits per heavy atom. The summed E-state index contributed by atoms with van der Waals surface area (Å²) in [5.41, 5.74) is 1.24. The highest BCUT2D eigenvalue weighted by Gasteiger charge is 2.37. The number of Topliss-reactive ketones (excluding diaryl/α,β-unsaturated/α-hetero) is 1. The van der Waals surface area contributed by atoms with E-state index in [4.69, 9.17) is 4.74 Å². The van der Waals surface area contributed by atoms with Crippen LogP contribution in [0.5, 0.6) is 0 Å². The highest BCUT2D eigenvalue weighted by molar-refractivity contribution is 5.94. The van der Waals surface area contributed by atoms with Crippen LogP contribution >= 0.6 is 0 Å². The molecular weight excluding hydrogens is 250 g/mol. The van der Waals surface area contributed by atoms with E-state index in [0.717, 1.165) is 0 Å². The number of aliphatic hydroxyl groups is 3. The topological polar surface area (TPSA) is 99.0 Å². The van der Waals surface area contributed by atoms with Crippen molar-refractivity contribution in [3.63, 3.8) is 0 Å². The Morgan fingerprint density at radius 1 is 1.21 bits per heavy atom. The maximum absolute atomic E-state index is 11.1. The maximum atomic E-state index is 11.1. The smallest absolute Gasteiger partial charge is 0.159 e. The van der Waals surface area contributed by atoms with E-state index >= 15 is 0 Å². The standard InChI is InChI=1S/C13H17NO5/c1-7(15)8-2-4-9(5-3-8)14-13-12(18)11(17)10(16)6-19-13/h2-5,10-14,16-18H,6H2,1H3/t10-,11-,12+,13-/m1/s1. The van der Waals surface area contributed by atoms with Crippen molar-refractivity contribution in [2.24, 2.45) is 0 Å². The van der Waals surface area contributed by atoms with Crippen molar-refractivity contribution < 1.29 is 24.9 Å². The summed E-state index contributed by atoms with van der Waals surface area (Å²) < 4.78 is 5.22. The molecule has 2 rings (SSSR count). The van der Waals surface area contributed by atoms with Gasteiger partial charge < -0.3 is 25.4 Å². The summed E-state index contributed by atoms with van der Waals surface area (Å²) in [6.45, 7) is 1.43. The molecule has 0 unspecified atom stereocenters. The summed E-state index contributed by atoms with van der Waals surface area (Å²) in [4.78, 5) is 11.1. The van der Waals surface area contributed by atoms with Gasteiger partial charge in [0, 0.05) is 11.3 Å². The summed E-state index contributed by atoms with van der Waals surface area (Å²) in [6, 6.07) is 6.69. The minimum absolute atomic E-state index is 0.0287. The number of carbonyl (C=O) groups excluding carboxylic acids is 1. The Kier molecular flexibility index (Phi) is 4.16. The number of anilines is 1. The van der Waals surface area contributed by atoms with Gasteiger partial charge in [-0.15, -0.1) is 0 Å². The molecule has 1 aromatic carbocycles. The van der Waals surface area contributed by atoms with Gasteiger partial charge in [-0.3, -0.25) is 4.79 Å². The first-order valence-corrected chi connectivity index (χ1v) is 6.02. The molecule has 1 heterocycles. The van der Waals surface area contributed by atoms with Gasteiger partial charge in [0.25, 0.3) is 0 Å². The van der Waals surface area contributed by atoms with Crippen LogP contribution in [0.25, 0.3) is 0 Å². The van der Waals surface area contributed by atoms with Crippen LogP contribution < -0.4 is 5.32 Å². The van der Waals surface area contributed by atoms with Gasteiger partial charge in [-0.05, 0) is 31.2 Å². The third-order valence-electron chi connectivity index (χ3n) is 3.10. The molecular formula is C13H17NO5. The summed E-state index contributed by atoms with van der Waals surface area (Å²) in [5.74, 6) is -0.0287. The molecule has 0 bridgehead atoms. The van der Waals surface area contributed by atoms with Gasteiger partial charge in [0.05, 0.1) is 6.61 Å². The van der Waals surface area contributed by atoms with E-state index in [1.165, 1.54) is 6.92 Å². The molecule has 0 aromatic heterocycles. The molecule has 6 nitrogen and oxygen atoms in total. The molecule has 104 valence electrons. The number of aliphatic hydroxyl groups excluding tert-OH is 3. The average molecular weight is 267 g/mol. The first kappa shape index (κ1) is 14.0. The Morgan fingerprint density at radius 2 is 1.84 bits per heavy atom. The number of benzene rings is 1. The van der Waals surface area contributed by atoms with E-state index in [1.54, 1.807) is 24.3 Å².